The van der Waals surface area contributed by atoms with E-state index in [9.17, 15) is 0 Å². The fourth-order valence-electron chi connectivity index (χ4n) is 3.21. The van der Waals surface area contributed by atoms with Gasteiger partial charge in [0.2, 0.25) is 0 Å². The van der Waals surface area contributed by atoms with Gasteiger partial charge in [0.05, 0.1) is 18.1 Å². The van der Waals surface area contributed by atoms with Crippen molar-refractivity contribution in [2.45, 2.75) is 44.7 Å². The van der Waals surface area contributed by atoms with E-state index in [1.54, 1.807) is 0 Å². The summed E-state index contributed by atoms with van der Waals surface area (Å²) < 4.78 is 2.08. The van der Waals surface area contributed by atoms with Crippen molar-refractivity contribution in [3.05, 3.63) is 18.2 Å². The van der Waals surface area contributed by atoms with Crippen molar-refractivity contribution in [2.24, 2.45) is 18.7 Å². The maximum Gasteiger partial charge on any atom is 0.0946 e. The molecular formula is C14H26N4. The van der Waals surface area contributed by atoms with Crippen molar-refractivity contribution in [3.63, 3.8) is 0 Å². The molecule has 2 N–H and O–H groups in total. The number of aromatic nitrogens is 2. The van der Waals surface area contributed by atoms with E-state index < -0.39 is 0 Å². The third kappa shape index (κ3) is 2.75. The first-order chi connectivity index (χ1) is 8.63. The molecule has 2 rings (SSSR count). The Balaban J connectivity index is 2.10. The molecule has 0 aliphatic heterocycles. The molecule has 1 saturated carbocycles. The molecule has 0 aromatic carbocycles. The first kappa shape index (κ1) is 13.6. The third-order valence-corrected chi connectivity index (χ3v) is 4.39. The number of nitrogens with zero attached hydrogens (tertiary/aromatic N) is 3. The summed E-state index contributed by atoms with van der Waals surface area (Å²) in [5, 5.41) is 0. The molecule has 0 bridgehead atoms. The number of hydrogen-bond acceptors (Lipinski definition) is 3. The van der Waals surface area contributed by atoms with Crippen LogP contribution in [0.4, 0.5) is 0 Å². The molecule has 1 aromatic rings. The van der Waals surface area contributed by atoms with Gasteiger partial charge in [0.25, 0.3) is 0 Å². The van der Waals surface area contributed by atoms with Gasteiger partial charge in [-0.25, -0.2) is 4.98 Å². The van der Waals surface area contributed by atoms with Gasteiger partial charge in [0.1, 0.15) is 0 Å². The lowest BCUT2D eigenvalue weighted by molar-refractivity contribution is 0.117. The van der Waals surface area contributed by atoms with Gasteiger partial charge >= 0.3 is 0 Å². The Morgan fingerprint density at radius 2 is 2.33 bits per heavy atom. The van der Waals surface area contributed by atoms with Crippen molar-refractivity contribution in [1.29, 1.82) is 0 Å². The normalized spacial score (nSPS) is 26.5. The monoisotopic (exact) mass is 250 g/mol. The van der Waals surface area contributed by atoms with Crippen molar-refractivity contribution < 1.29 is 0 Å². The Morgan fingerprint density at radius 1 is 1.56 bits per heavy atom. The summed E-state index contributed by atoms with van der Waals surface area (Å²) in [5.74, 6) is 0.844. The summed E-state index contributed by atoms with van der Waals surface area (Å²) >= 11 is 0. The van der Waals surface area contributed by atoms with Gasteiger partial charge in [0.15, 0.2) is 0 Å². The molecular weight excluding hydrogens is 224 g/mol. The van der Waals surface area contributed by atoms with E-state index in [1.165, 1.54) is 31.4 Å². The molecule has 1 heterocycles. The van der Waals surface area contributed by atoms with E-state index in [0.29, 0.717) is 12.6 Å². The zero-order chi connectivity index (χ0) is 13.1. The Morgan fingerprint density at radius 3 is 2.89 bits per heavy atom. The maximum absolute atomic E-state index is 5.99. The van der Waals surface area contributed by atoms with Crippen LogP contribution in [0.1, 0.15) is 44.3 Å². The van der Waals surface area contributed by atoms with E-state index >= 15 is 0 Å². The minimum atomic E-state index is 0.285. The SMILES string of the molecule is CC1CCCC(N(C)C(CN)c2cncn2C)C1. The van der Waals surface area contributed by atoms with Gasteiger partial charge < -0.3 is 10.3 Å². The highest BCUT2D eigenvalue weighted by molar-refractivity contribution is 5.06. The van der Waals surface area contributed by atoms with Crippen molar-refractivity contribution in [1.82, 2.24) is 14.5 Å². The highest BCUT2D eigenvalue weighted by Gasteiger charge is 2.28. The Bertz CT molecular complexity index is 374. The van der Waals surface area contributed by atoms with E-state index in [-0.39, 0.29) is 6.04 Å². The van der Waals surface area contributed by atoms with Crippen LogP contribution in [0, 0.1) is 5.92 Å². The fraction of sp³-hybridized carbons (Fsp3) is 0.786. The van der Waals surface area contributed by atoms with Crippen LogP contribution >= 0.6 is 0 Å². The summed E-state index contributed by atoms with van der Waals surface area (Å²) in [7, 11) is 4.26. The van der Waals surface area contributed by atoms with Crippen LogP contribution in [0.15, 0.2) is 12.5 Å². The number of nitrogens with two attached hydrogens (primary N) is 1. The standard InChI is InChI=1S/C14H26N4/c1-11-5-4-6-12(7-11)18(3)13(8-15)14-9-16-10-17(14)2/h9-13H,4-8,15H2,1-3H3. The molecule has 18 heavy (non-hydrogen) atoms. The molecule has 0 radical (unpaired) electrons. The lowest BCUT2D eigenvalue weighted by Crippen LogP contribution is -2.41. The zero-order valence-electron chi connectivity index (χ0n) is 11.8. The first-order valence-corrected chi connectivity index (χ1v) is 7.01. The Hall–Kier alpha value is -0.870. The number of hydrogen-bond donors (Lipinski definition) is 1. The maximum atomic E-state index is 5.99. The van der Waals surface area contributed by atoms with Crippen molar-refractivity contribution in [2.75, 3.05) is 13.6 Å². The molecule has 4 nitrogen and oxygen atoms in total. The number of rotatable bonds is 4. The molecule has 0 amide bonds. The van der Waals surface area contributed by atoms with Crippen LogP contribution in [0.3, 0.4) is 0 Å². The molecule has 4 heteroatoms. The van der Waals surface area contributed by atoms with Gasteiger partial charge in [-0.1, -0.05) is 19.8 Å². The quantitative estimate of drug-likeness (QED) is 0.888. The summed E-state index contributed by atoms with van der Waals surface area (Å²) in [6.07, 6.45) is 9.12. The largest absolute Gasteiger partial charge is 0.336 e. The van der Waals surface area contributed by atoms with Crippen LogP contribution in [0.5, 0.6) is 0 Å². The Kier molecular flexibility index (Phi) is 4.40. The molecule has 1 fully saturated rings. The van der Waals surface area contributed by atoms with E-state index in [4.69, 9.17) is 5.73 Å². The number of aryl methyl sites for hydroxylation is 1. The second kappa shape index (κ2) is 5.85. The van der Waals surface area contributed by atoms with Gasteiger partial charge in [-0.15, -0.1) is 0 Å². The van der Waals surface area contributed by atoms with Crippen molar-refractivity contribution >= 4 is 0 Å². The molecule has 0 spiro atoms. The van der Waals surface area contributed by atoms with Gasteiger partial charge in [-0.3, -0.25) is 4.90 Å². The molecule has 3 atom stereocenters. The smallest absolute Gasteiger partial charge is 0.0946 e. The van der Waals surface area contributed by atoms with Gasteiger partial charge in [-0.05, 0) is 25.8 Å². The third-order valence-electron chi connectivity index (χ3n) is 4.39. The molecule has 3 unspecified atom stereocenters. The predicted octanol–water partition coefficient (Wildman–Crippen LogP) is 1.93. The average molecular weight is 250 g/mol. The summed E-state index contributed by atoms with van der Waals surface area (Å²) in [6, 6.07) is 0.949. The van der Waals surface area contributed by atoms with Gasteiger partial charge in [0, 0.05) is 25.8 Å². The molecule has 0 saturated heterocycles. The number of likely N-dealkylation sites (N-methyl/N-ethyl adjacent to an activating group) is 1. The predicted molar refractivity (Wildman–Crippen MR) is 74.2 cm³/mol. The second-order valence-electron chi connectivity index (χ2n) is 5.77. The minimum Gasteiger partial charge on any atom is -0.336 e. The lowest BCUT2D eigenvalue weighted by atomic mass is 9.85. The van der Waals surface area contributed by atoms with Crippen LogP contribution in [-0.4, -0.2) is 34.1 Å². The van der Waals surface area contributed by atoms with Crippen LogP contribution in [0.25, 0.3) is 0 Å². The molecule has 102 valence electrons. The van der Waals surface area contributed by atoms with Crippen molar-refractivity contribution in [3.8, 4) is 0 Å². The fourth-order valence-corrected chi connectivity index (χ4v) is 3.21. The minimum absolute atomic E-state index is 0.285. The first-order valence-electron chi connectivity index (χ1n) is 7.01. The summed E-state index contributed by atoms with van der Waals surface area (Å²) in [6.45, 7) is 3.02. The van der Waals surface area contributed by atoms with E-state index in [0.717, 1.165) is 5.92 Å². The molecule has 1 aliphatic rings. The lowest BCUT2D eigenvalue weighted by Gasteiger charge is -2.38. The average Bonchev–Trinajstić information content (AvgIpc) is 2.77. The number of imidazole rings is 1. The van der Waals surface area contributed by atoms with E-state index in [1.807, 2.05) is 19.6 Å². The molecule has 1 aromatic heterocycles. The summed E-state index contributed by atoms with van der Waals surface area (Å²) in [4.78, 5) is 6.68. The zero-order valence-corrected chi connectivity index (χ0v) is 11.8. The highest BCUT2D eigenvalue weighted by atomic mass is 15.2. The van der Waals surface area contributed by atoms with Crippen LogP contribution < -0.4 is 5.73 Å². The topological polar surface area (TPSA) is 47.1 Å². The van der Waals surface area contributed by atoms with Crippen LogP contribution in [-0.2, 0) is 7.05 Å². The second-order valence-corrected chi connectivity index (χ2v) is 5.77. The van der Waals surface area contributed by atoms with Crippen LogP contribution in [0.2, 0.25) is 0 Å². The highest BCUT2D eigenvalue weighted by Crippen LogP contribution is 2.31. The Labute approximate surface area is 110 Å². The van der Waals surface area contributed by atoms with Gasteiger partial charge in [-0.2, -0.15) is 0 Å². The molecule has 1 aliphatic carbocycles. The summed E-state index contributed by atoms with van der Waals surface area (Å²) in [5.41, 5.74) is 7.21. The van der Waals surface area contributed by atoms with E-state index in [2.05, 4.69) is 28.4 Å².